The molecule has 1 heterocycles. The van der Waals surface area contributed by atoms with Crippen molar-refractivity contribution in [2.45, 2.75) is 51.0 Å². The molecule has 0 atom stereocenters. The lowest BCUT2D eigenvalue weighted by molar-refractivity contribution is 0.246. The fourth-order valence-electron chi connectivity index (χ4n) is 3.76. The van der Waals surface area contributed by atoms with E-state index in [2.05, 4.69) is 10.2 Å². The van der Waals surface area contributed by atoms with E-state index in [1.807, 2.05) is 19.1 Å². The third-order valence-electron chi connectivity index (χ3n) is 4.85. The Kier molecular flexibility index (Phi) is 3.97. The van der Waals surface area contributed by atoms with Crippen LogP contribution in [0.3, 0.4) is 0 Å². The first-order valence-corrected chi connectivity index (χ1v) is 7.95. The molecule has 1 aromatic carbocycles. The fourth-order valence-corrected chi connectivity index (χ4v) is 3.76. The van der Waals surface area contributed by atoms with Gasteiger partial charge in [-0.05, 0) is 50.4 Å². The monoisotopic (exact) mass is 276 g/mol. The number of hydrogen-bond acceptors (Lipinski definition) is 2. The van der Waals surface area contributed by atoms with Crippen molar-refractivity contribution in [3.8, 4) is 0 Å². The number of anilines is 1. The summed E-state index contributed by atoms with van der Waals surface area (Å²) in [5, 5.41) is 3.76. The van der Waals surface area contributed by atoms with Gasteiger partial charge in [-0.25, -0.2) is 4.39 Å². The van der Waals surface area contributed by atoms with Gasteiger partial charge in [0.2, 0.25) is 0 Å². The molecule has 2 aliphatic rings. The molecule has 1 aliphatic carbocycles. The smallest absolute Gasteiger partial charge is 0.146 e. The summed E-state index contributed by atoms with van der Waals surface area (Å²) in [6, 6.07) is 5.62. The lowest BCUT2D eigenvalue weighted by Crippen LogP contribution is -2.52. The Morgan fingerprint density at radius 1 is 1.15 bits per heavy atom. The van der Waals surface area contributed by atoms with Crippen LogP contribution in [0.25, 0.3) is 0 Å². The predicted octanol–water partition coefficient (Wildman–Crippen LogP) is 3.64. The zero-order valence-corrected chi connectivity index (χ0v) is 12.4. The Hall–Kier alpha value is -1.09. The highest BCUT2D eigenvalue weighted by atomic mass is 19.1. The van der Waals surface area contributed by atoms with E-state index >= 15 is 0 Å². The maximum atomic E-state index is 14.3. The van der Waals surface area contributed by atoms with Gasteiger partial charge in [-0.2, -0.15) is 0 Å². The number of rotatable bonds is 1. The van der Waals surface area contributed by atoms with Crippen molar-refractivity contribution in [2.24, 2.45) is 0 Å². The molecule has 1 saturated carbocycles. The molecule has 0 radical (unpaired) electrons. The molecule has 110 valence electrons. The van der Waals surface area contributed by atoms with Crippen LogP contribution in [0.5, 0.6) is 0 Å². The maximum absolute atomic E-state index is 14.3. The summed E-state index contributed by atoms with van der Waals surface area (Å²) in [6.45, 7) is 4.91. The lowest BCUT2D eigenvalue weighted by atomic mass is 9.81. The first kappa shape index (κ1) is 13.9. The van der Waals surface area contributed by atoms with E-state index in [9.17, 15) is 4.39 Å². The third-order valence-corrected chi connectivity index (χ3v) is 4.85. The van der Waals surface area contributed by atoms with Gasteiger partial charge in [0.25, 0.3) is 0 Å². The van der Waals surface area contributed by atoms with Gasteiger partial charge < -0.3 is 10.2 Å². The fraction of sp³-hybridized carbons (Fsp3) is 0.647. The summed E-state index contributed by atoms with van der Waals surface area (Å²) in [5.74, 6) is -0.0714. The number of hydrogen-bond donors (Lipinski definition) is 1. The molecule has 1 saturated heterocycles. The van der Waals surface area contributed by atoms with Crippen molar-refractivity contribution in [3.05, 3.63) is 29.6 Å². The van der Waals surface area contributed by atoms with Gasteiger partial charge in [0.1, 0.15) is 5.82 Å². The van der Waals surface area contributed by atoms with Crippen molar-refractivity contribution in [1.82, 2.24) is 5.32 Å². The van der Waals surface area contributed by atoms with Gasteiger partial charge in [-0.1, -0.05) is 25.3 Å². The molecule has 1 N–H and O–H groups in total. The summed E-state index contributed by atoms with van der Waals surface area (Å²) < 4.78 is 14.3. The second-order valence-corrected chi connectivity index (χ2v) is 6.50. The molecule has 2 fully saturated rings. The molecule has 1 aromatic rings. The average Bonchev–Trinajstić information content (AvgIpc) is 2.63. The van der Waals surface area contributed by atoms with Crippen LogP contribution in [-0.4, -0.2) is 25.2 Å². The quantitative estimate of drug-likeness (QED) is 0.842. The number of halogens is 1. The van der Waals surface area contributed by atoms with Crippen LogP contribution in [-0.2, 0) is 0 Å². The van der Waals surface area contributed by atoms with E-state index in [1.54, 1.807) is 6.07 Å². The molecule has 3 heteroatoms. The van der Waals surface area contributed by atoms with E-state index in [-0.39, 0.29) is 11.4 Å². The van der Waals surface area contributed by atoms with E-state index in [4.69, 9.17) is 0 Å². The predicted molar refractivity (Wildman–Crippen MR) is 81.8 cm³/mol. The van der Waals surface area contributed by atoms with Gasteiger partial charge >= 0.3 is 0 Å². The molecular weight excluding hydrogens is 251 g/mol. The second-order valence-electron chi connectivity index (χ2n) is 6.50. The number of aryl methyl sites for hydroxylation is 1. The Balaban J connectivity index is 1.84. The van der Waals surface area contributed by atoms with Gasteiger partial charge in [-0.15, -0.1) is 0 Å². The maximum Gasteiger partial charge on any atom is 0.146 e. The normalized spacial score (nSPS) is 22.8. The Morgan fingerprint density at radius 2 is 1.95 bits per heavy atom. The Labute approximate surface area is 121 Å². The van der Waals surface area contributed by atoms with Crippen molar-refractivity contribution in [3.63, 3.8) is 0 Å². The van der Waals surface area contributed by atoms with Crippen LogP contribution in [0.2, 0.25) is 0 Å². The average molecular weight is 276 g/mol. The third kappa shape index (κ3) is 2.83. The molecule has 0 amide bonds. The van der Waals surface area contributed by atoms with Gasteiger partial charge in [0.05, 0.1) is 5.69 Å². The van der Waals surface area contributed by atoms with Gasteiger partial charge in [0.15, 0.2) is 0 Å². The van der Waals surface area contributed by atoms with Crippen molar-refractivity contribution >= 4 is 5.69 Å². The largest absolute Gasteiger partial charge is 0.367 e. The Morgan fingerprint density at radius 3 is 2.70 bits per heavy atom. The zero-order chi connectivity index (χ0) is 14.0. The van der Waals surface area contributed by atoms with Crippen LogP contribution in [0.1, 0.15) is 44.1 Å². The van der Waals surface area contributed by atoms with E-state index in [1.165, 1.54) is 32.1 Å². The first-order chi connectivity index (χ1) is 9.69. The molecule has 0 aromatic heterocycles. The minimum Gasteiger partial charge on any atom is -0.367 e. The molecular formula is C17H25FN2. The highest BCUT2D eigenvalue weighted by Gasteiger charge is 2.35. The lowest BCUT2D eigenvalue weighted by Gasteiger charge is -2.40. The molecule has 0 unspecified atom stereocenters. The van der Waals surface area contributed by atoms with Crippen LogP contribution < -0.4 is 10.2 Å². The number of nitrogens with zero attached hydrogens (tertiary/aromatic N) is 1. The number of benzene rings is 1. The summed E-state index contributed by atoms with van der Waals surface area (Å²) in [5.41, 5.74) is 1.99. The highest BCUT2D eigenvalue weighted by molar-refractivity contribution is 5.49. The van der Waals surface area contributed by atoms with Crippen LogP contribution in [0.15, 0.2) is 18.2 Å². The molecule has 1 spiro atoms. The van der Waals surface area contributed by atoms with Gasteiger partial charge in [-0.3, -0.25) is 0 Å². The van der Waals surface area contributed by atoms with Crippen molar-refractivity contribution in [1.29, 1.82) is 0 Å². The number of nitrogens with one attached hydrogen (secondary N) is 1. The van der Waals surface area contributed by atoms with Crippen LogP contribution in [0, 0.1) is 12.7 Å². The molecule has 1 aliphatic heterocycles. The Bertz CT molecular complexity index is 466. The van der Waals surface area contributed by atoms with E-state index in [0.717, 1.165) is 37.3 Å². The van der Waals surface area contributed by atoms with Gasteiger partial charge in [0, 0.05) is 18.6 Å². The molecule has 3 rings (SSSR count). The minimum atomic E-state index is -0.0714. The summed E-state index contributed by atoms with van der Waals surface area (Å²) >= 11 is 0. The van der Waals surface area contributed by atoms with Crippen molar-refractivity contribution < 1.29 is 4.39 Å². The van der Waals surface area contributed by atoms with Crippen LogP contribution in [0.4, 0.5) is 10.1 Å². The molecule has 0 bridgehead atoms. The summed E-state index contributed by atoms with van der Waals surface area (Å²) in [7, 11) is 0. The second kappa shape index (κ2) is 5.72. The standard InChI is InChI=1S/C17H25FN2/c1-14-6-7-16(15(18)12-14)20-11-5-10-19-17(13-20)8-3-2-4-9-17/h6-7,12,19H,2-5,8-11,13H2,1H3. The molecule has 20 heavy (non-hydrogen) atoms. The highest BCUT2D eigenvalue weighted by Crippen LogP contribution is 2.32. The molecule has 2 nitrogen and oxygen atoms in total. The summed E-state index contributed by atoms with van der Waals surface area (Å²) in [6.07, 6.45) is 7.51. The minimum absolute atomic E-state index is 0.0714. The van der Waals surface area contributed by atoms with Crippen molar-refractivity contribution in [2.75, 3.05) is 24.5 Å². The summed E-state index contributed by atoms with van der Waals surface area (Å²) in [4.78, 5) is 2.26. The van der Waals surface area contributed by atoms with Crippen LogP contribution >= 0.6 is 0 Å². The SMILES string of the molecule is Cc1ccc(N2CCCNC3(CCCCC3)C2)c(F)c1. The van der Waals surface area contributed by atoms with E-state index < -0.39 is 0 Å². The topological polar surface area (TPSA) is 15.3 Å². The first-order valence-electron chi connectivity index (χ1n) is 7.95. The van der Waals surface area contributed by atoms with E-state index in [0.29, 0.717) is 0 Å². The zero-order valence-electron chi connectivity index (χ0n) is 12.4.